The van der Waals surface area contributed by atoms with Crippen LogP contribution >= 0.6 is 0 Å². The third-order valence-corrected chi connectivity index (χ3v) is 7.06. The van der Waals surface area contributed by atoms with Crippen LogP contribution < -0.4 is 0 Å². The topological polar surface area (TPSA) is 0 Å². The fraction of sp³-hybridized carbons (Fsp3) is 1.00. The quantitative estimate of drug-likeness (QED) is 0.679. The predicted molar refractivity (Wildman–Crippen MR) is 54.4 cm³/mol. The normalized spacial score (nSPS) is 13.6. The molecule has 0 amide bonds. The summed E-state index contributed by atoms with van der Waals surface area (Å²) in [6.45, 7) is 14.3. The Kier molecular flexibility index (Phi) is 4.45. The maximum atomic E-state index is 2.42. The van der Waals surface area contributed by atoms with Crippen LogP contribution in [0.25, 0.3) is 0 Å². The van der Waals surface area contributed by atoms with E-state index >= 15 is 0 Å². The molecular weight excluding hydrogens is 248 g/mol. The first kappa shape index (κ1) is 11.8. The second kappa shape index (κ2) is 4.15. The predicted octanol–water partition coefficient (Wildman–Crippen LogP) is 3.91. The van der Waals surface area contributed by atoms with Gasteiger partial charge in [0, 0.05) is 0 Å². The van der Waals surface area contributed by atoms with E-state index in [0.29, 0.717) is 6.93 Å². The fourth-order valence-electron chi connectivity index (χ4n) is 0.892. The third-order valence-electron chi connectivity index (χ3n) is 2.26. The molecule has 0 atom stereocenters. The molecule has 0 aromatic rings. The van der Waals surface area contributed by atoms with Crippen molar-refractivity contribution < 1.29 is 0 Å². The van der Waals surface area contributed by atoms with Crippen molar-refractivity contribution in [1.82, 2.24) is 0 Å². The van der Waals surface area contributed by atoms with Gasteiger partial charge in [0.15, 0.2) is 0 Å². The summed E-state index contributed by atoms with van der Waals surface area (Å²) in [6, 6.07) is 0. The minimum atomic E-state index is 0.149. The zero-order valence-corrected chi connectivity index (χ0v) is 11.2. The monoisotopic (exact) mass is 272 g/mol. The molecule has 0 aromatic heterocycles. The molecule has 0 rings (SSSR count). The van der Waals surface area contributed by atoms with Crippen LogP contribution in [0, 0.1) is 0 Å². The Morgan fingerprint density at radius 2 is 1.09 bits per heavy atom. The van der Waals surface area contributed by atoms with Gasteiger partial charge in [0.05, 0.1) is 0 Å². The summed E-state index contributed by atoms with van der Waals surface area (Å²) < 4.78 is 1.31. The van der Waals surface area contributed by atoms with Crippen LogP contribution in [0.3, 0.4) is 0 Å². The van der Waals surface area contributed by atoms with Crippen molar-refractivity contribution >= 4 is 20.9 Å². The second-order valence-electron chi connectivity index (χ2n) is 4.33. The van der Waals surface area contributed by atoms with E-state index in [4.69, 9.17) is 0 Å². The summed E-state index contributed by atoms with van der Waals surface area (Å²) in [5.41, 5.74) is 0. The Bertz CT molecular complexity index is 100. The van der Waals surface area contributed by atoms with Crippen LogP contribution in [0.1, 0.15) is 54.4 Å². The molecule has 11 heavy (non-hydrogen) atoms. The maximum absolute atomic E-state index is 2.42. The zero-order chi connectivity index (χ0) is 9.12. The van der Waals surface area contributed by atoms with Gasteiger partial charge in [0.25, 0.3) is 0 Å². The number of hydrogen-bond acceptors (Lipinski definition) is 0. The summed E-state index contributed by atoms with van der Waals surface area (Å²) in [5.74, 6) is 0. The van der Waals surface area contributed by atoms with Gasteiger partial charge in [-0.3, -0.25) is 0 Å². The first-order valence-electron chi connectivity index (χ1n) is 4.53. The Morgan fingerprint density at radius 3 is 1.27 bits per heavy atom. The molecule has 0 saturated carbocycles. The molecule has 0 unspecified atom stereocenters. The van der Waals surface area contributed by atoms with Gasteiger partial charge < -0.3 is 0 Å². The van der Waals surface area contributed by atoms with E-state index in [9.17, 15) is 0 Å². The summed E-state index contributed by atoms with van der Waals surface area (Å²) >= 11 is 0.149. The Hall–Kier alpha value is 0.790. The summed E-state index contributed by atoms with van der Waals surface area (Å²) in [4.78, 5) is 0. The summed E-state index contributed by atoms with van der Waals surface area (Å²) in [7, 11) is 0. The van der Waals surface area contributed by atoms with Crippen LogP contribution in [-0.2, 0) is 0 Å². The summed E-state index contributed by atoms with van der Waals surface area (Å²) in [5, 5.41) is 0. The Morgan fingerprint density at radius 1 is 0.818 bits per heavy atom. The van der Waals surface area contributed by atoms with Crippen LogP contribution in [0.5, 0.6) is 0 Å². The molecule has 0 heterocycles. The van der Waals surface area contributed by atoms with Gasteiger partial charge in [-0.2, -0.15) is 0 Å². The van der Waals surface area contributed by atoms with Crippen molar-refractivity contribution in [2.45, 2.75) is 61.3 Å². The number of rotatable bonds is 4. The van der Waals surface area contributed by atoms with E-state index < -0.39 is 0 Å². The number of hydrogen-bond donors (Lipinski definition) is 0. The first-order chi connectivity index (χ1) is 4.83. The van der Waals surface area contributed by atoms with Crippen LogP contribution in [0.2, 0.25) is 6.93 Å². The van der Waals surface area contributed by atoms with E-state index in [1.807, 2.05) is 0 Å². The fourth-order valence-corrected chi connectivity index (χ4v) is 5.99. The molecule has 0 fully saturated rings. The molecule has 0 aliphatic heterocycles. The SMILES string of the molecule is CCC(C)(C)[Te]C(C)(C)CC. The molecule has 0 bridgehead atoms. The van der Waals surface area contributed by atoms with E-state index in [-0.39, 0.29) is 20.9 Å². The van der Waals surface area contributed by atoms with E-state index in [2.05, 4.69) is 41.5 Å². The molecule has 0 radical (unpaired) electrons. The van der Waals surface area contributed by atoms with Gasteiger partial charge in [0.1, 0.15) is 0 Å². The van der Waals surface area contributed by atoms with Gasteiger partial charge in [-0.15, -0.1) is 0 Å². The molecule has 0 N–H and O–H groups in total. The molecule has 0 aliphatic carbocycles. The second-order valence-corrected chi connectivity index (χ2v) is 11.2. The minimum absolute atomic E-state index is 0.149. The van der Waals surface area contributed by atoms with Gasteiger partial charge in [-0.25, -0.2) is 0 Å². The average molecular weight is 270 g/mol. The summed E-state index contributed by atoms with van der Waals surface area (Å²) in [6.07, 6.45) is 2.69. The van der Waals surface area contributed by atoms with Crippen LogP contribution in [-0.4, -0.2) is 20.9 Å². The molecule has 0 aromatic carbocycles. The molecule has 0 nitrogen and oxygen atoms in total. The molecule has 68 valence electrons. The average Bonchev–Trinajstić information content (AvgIpc) is 1.86. The Balaban J connectivity index is 4.02. The van der Waals surface area contributed by atoms with Gasteiger partial charge in [0.2, 0.25) is 0 Å². The Labute approximate surface area is 82.2 Å². The molecule has 1 heteroatoms. The molecule has 0 saturated heterocycles. The van der Waals surface area contributed by atoms with Gasteiger partial charge in [-0.05, 0) is 0 Å². The van der Waals surface area contributed by atoms with E-state index in [1.54, 1.807) is 0 Å². The zero-order valence-electron chi connectivity index (χ0n) is 8.82. The molecule has 0 spiro atoms. The standard InChI is InChI=1S/C10H22Te/c1-7-9(3,4)11-10(5,6)8-2/h7-8H2,1-6H3. The third kappa shape index (κ3) is 5.10. The van der Waals surface area contributed by atoms with Crippen molar-refractivity contribution in [2.24, 2.45) is 0 Å². The van der Waals surface area contributed by atoms with Gasteiger partial charge >= 0.3 is 82.2 Å². The van der Waals surface area contributed by atoms with Crippen molar-refractivity contribution in [3.05, 3.63) is 0 Å². The van der Waals surface area contributed by atoms with Gasteiger partial charge in [-0.1, -0.05) is 0 Å². The molecular formula is C10H22Te. The van der Waals surface area contributed by atoms with E-state index in [1.165, 1.54) is 12.8 Å². The van der Waals surface area contributed by atoms with Crippen molar-refractivity contribution in [2.75, 3.05) is 0 Å². The van der Waals surface area contributed by atoms with Crippen LogP contribution in [0.15, 0.2) is 0 Å². The first-order valence-corrected chi connectivity index (χ1v) is 6.86. The van der Waals surface area contributed by atoms with Crippen molar-refractivity contribution in [3.63, 3.8) is 0 Å². The van der Waals surface area contributed by atoms with E-state index in [0.717, 1.165) is 0 Å². The van der Waals surface area contributed by atoms with Crippen molar-refractivity contribution in [3.8, 4) is 0 Å². The van der Waals surface area contributed by atoms with Crippen molar-refractivity contribution in [1.29, 1.82) is 0 Å². The van der Waals surface area contributed by atoms with Crippen LogP contribution in [0.4, 0.5) is 0 Å². The molecule has 0 aliphatic rings.